The van der Waals surface area contributed by atoms with E-state index in [4.69, 9.17) is 0 Å². The second-order valence-electron chi connectivity index (χ2n) is 4.85. The van der Waals surface area contributed by atoms with Crippen LogP contribution in [0.15, 0.2) is 30.6 Å². The van der Waals surface area contributed by atoms with E-state index in [1.165, 1.54) is 6.07 Å². The zero-order valence-electron chi connectivity index (χ0n) is 11.4. The Balaban J connectivity index is 1.83. The van der Waals surface area contributed by atoms with Crippen LogP contribution in [0.5, 0.6) is 0 Å². The Morgan fingerprint density at radius 2 is 2.10 bits per heavy atom. The van der Waals surface area contributed by atoms with Gasteiger partial charge in [-0.1, -0.05) is 13.0 Å². The summed E-state index contributed by atoms with van der Waals surface area (Å²) in [6, 6.07) is 4.89. The summed E-state index contributed by atoms with van der Waals surface area (Å²) in [4.78, 5) is 10.8. The standard InChI is InChI=1S/C15H17FN4/c1-2-17-8-11-9-18-15(19-10-11)20-6-5-12-3-4-13(16)7-14(12)20/h3-4,7,9-10,17H,2,5-6,8H2,1H3. The third-order valence-electron chi connectivity index (χ3n) is 3.46. The number of hydrogen-bond acceptors (Lipinski definition) is 4. The molecule has 0 unspecified atom stereocenters. The van der Waals surface area contributed by atoms with Crippen LogP contribution in [-0.4, -0.2) is 23.1 Å². The smallest absolute Gasteiger partial charge is 0.229 e. The van der Waals surface area contributed by atoms with Gasteiger partial charge in [0.25, 0.3) is 0 Å². The summed E-state index contributed by atoms with van der Waals surface area (Å²) in [5.74, 6) is 0.411. The van der Waals surface area contributed by atoms with E-state index in [0.717, 1.165) is 42.9 Å². The predicted molar refractivity (Wildman–Crippen MR) is 76.5 cm³/mol. The Morgan fingerprint density at radius 1 is 1.30 bits per heavy atom. The van der Waals surface area contributed by atoms with Gasteiger partial charge in [-0.25, -0.2) is 14.4 Å². The first-order valence-corrected chi connectivity index (χ1v) is 6.85. The topological polar surface area (TPSA) is 41.1 Å². The highest BCUT2D eigenvalue weighted by Crippen LogP contribution is 2.32. The van der Waals surface area contributed by atoms with Gasteiger partial charge in [0.15, 0.2) is 0 Å². The van der Waals surface area contributed by atoms with Crippen molar-refractivity contribution in [3.05, 3.63) is 47.5 Å². The number of hydrogen-bond donors (Lipinski definition) is 1. The first kappa shape index (κ1) is 13.0. The molecule has 1 aliphatic heterocycles. The number of anilines is 2. The molecule has 0 fully saturated rings. The third kappa shape index (κ3) is 2.49. The van der Waals surface area contributed by atoms with Crippen LogP contribution >= 0.6 is 0 Å². The van der Waals surface area contributed by atoms with Crippen LogP contribution in [0.2, 0.25) is 0 Å². The minimum atomic E-state index is -0.223. The molecule has 0 bridgehead atoms. The monoisotopic (exact) mass is 272 g/mol. The summed E-state index contributed by atoms with van der Waals surface area (Å²) in [6.45, 7) is 4.54. The Labute approximate surface area is 117 Å². The highest BCUT2D eigenvalue weighted by Gasteiger charge is 2.22. The van der Waals surface area contributed by atoms with E-state index in [9.17, 15) is 4.39 Å². The van der Waals surface area contributed by atoms with Crippen molar-refractivity contribution >= 4 is 11.6 Å². The van der Waals surface area contributed by atoms with Crippen LogP contribution in [0.1, 0.15) is 18.1 Å². The molecule has 104 valence electrons. The number of rotatable bonds is 4. The number of nitrogens with zero attached hydrogens (tertiary/aromatic N) is 3. The van der Waals surface area contributed by atoms with Crippen molar-refractivity contribution in [2.45, 2.75) is 19.9 Å². The van der Waals surface area contributed by atoms with Gasteiger partial charge in [-0.15, -0.1) is 0 Å². The lowest BCUT2D eigenvalue weighted by Gasteiger charge is -2.17. The van der Waals surface area contributed by atoms with Crippen LogP contribution in [0.4, 0.5) is 16.0 Å². The molecule has 0 atom stereocenters. The van der Waals surface area contributed by atoms with Crippen LogP contribution in [0, 0.1) is 5.82 Å². The Hall–Kier alpha value is -2.01. The van der Waals surface area contributed by atoms with Gasteiger partial charge in [0.1, 0.15) is 5.82 Å². The van der Waals surface area contributed by atoms with E-state index in [2.05, 4.69) is 22.2 Å². The fourth-order valence-corrected chi connectivity index (χ4v) is 2.41. The predicted octanol–water partition coefficient (Wildman–Crippen LogP) is 2.42. The number of fused-ring (bicyclic) bond motifs is 1. The Bertz CT molecular complexity index is 597. The molecule has 0 aliphatic carbocycles. The molecule has 0 radical (unpaired) electrons. The number of nitrogens with one attached hydrogen (secondary N) is 1. The molecule has 1 N–H and O–H groups in total. The summed E-state index contributed by atoms with van der Waals surface area (Å²) in [5.41, 5.74) is 3.07. The highest BCUT2D eigenvalue weighted by molar-refractivity contribution is 5.65. The maximum absolute atomic E-state index is 13.4. The molecule has 20 heavy (non-hydrogen) atoms. The molecule has 5 heteroatoms. The molecule has 1 aliphatic rings. The summed E-state index contributed by atoms with van der Waals surface area (Å²) in [5, 5.41) is 3.23. The molecule has 3 rings (SSSR count). The van der Waals surface area contributed by atoms with Crippen molar-refractivity contribution in [3.8, 4) is 0 Å². The first-order chi connectivity index (χ1) is 9.78. The van der Waals surface area contributed by atoms with Crippen LogP contribution < -0.4 is 10.2 Å². The number of halogens is 1. The van der Waals surface area contributed by atoms with Gasteiger partial charge in [0.2, 0.25) is 5.95 Å². The summed E-state index contributed by atoms with van der Waals surface area (Å²) in [6.07, 6.45) is 4.54. The van der Waals surface area contributed by atoms with Gasteiger partial charge in [-0.3, -0.25) is 0 Å². The fourth-order valence-electron chi connectivity index (χ4n) is 2.41. The van der Waals surface area contributed by atoms with Crippen LogP contribution in [0.25, 0.3) is 0 Å². The highest BCUT2D eigenvalue weighted by atomic mass is 19.1. The lowest BCUT2D eigenvalue weighted by Crippen LogP contribution is -2.17. The van der Waals surface area contributed by atoms with E-state index < -0.39 is 0 Å². The second kappa shape index (κ2) is 5.54. The van der Waals surface area contributed by atoms with E-state index >= 15 is 0 Å². The second-order valence-corrected chi connectivity index (χ2v) is 4.85. The molecule has 0 saturated heterocycles. The zero-order chi connectivity index (χ0) is 13.9. The molecule has 0 amide bonds. The maximum atomic E-state index is 13.4. The third-order valence-corrected chi connectivity index (χ3v) is 3.46. The van der Waals surface area contributed by atoms with Crippen LogP contribution in [0.3, 0.4) is 0 Å². The fraction of sp³-hybridized carbons (Fsp3) is 0.333. The van der Waals surface area contributed by atoms with Crippen LogP contribution in [-0.2, 0) is 13.0 Å². The van der Waals surface area contributed by atoms with Gasteiger partial charge < -0.3 is 10.2 Å². The largest absolute Gasteiger partial charge is 0.313 e. The summed E-state index contributed by atoms with van der Waals surface area (Å²) < 4.78 is 13.4. The van der Waals surface area contributed by atoms with Crippen molar-refractivity contribution in [1.29, 1.82) is 0 Å². The number of benzene rings is 1. The normalized spacial score (nSPS) is 13.6. The lowest BCUT2D eigenvalue weighted by molar-refractivity contribution is 0.628. The summed E-state index contributed by atoms with van der Waals surface area (Å²) >= 11 is 0. The van der Waals surface area contributed by atoms with Gasteiger partial charge >= 0.3 is 0 Å². The minimum absolute atomic E-state index is 0.223. The molecule has 0 saturated carbocycles. The van der Waals surface area contributed by atoms with Crippen molar-refractivity contribution < 1.29 is 4.39 Å². The number of aromatic nitrogens is 2. The van der Waals surface area contributed by atoms with E-state index in [1.807, 2.05) is 23.4 Å². The molecular weight excluding hydrogens is 255 g/mol. The van der Waals surface area contributed by atoms with Gasteiger partial charge in [-0.2, -0.15) is 0 Å². The van der Waals surface area contributed by atoms with Gasteiger partial charge in [0.05, 0.1) is 5.69 Å². The quantitative estimate of drug-likeness (QED) is 0.928. The lowest BCUT2D eigenvalue weighted by atomic mass is 10.2. The molecule has 0 spiro atoms. The molecule has 1 aromatic heterocycles. The molecule has 2 heterocycles. The van der Waals surface area contributed by atoms with Gasteiger partial charge in [0, 0.05) is 31.0 Å². The van der Waals surface area contributed by atoms with Crippen molar-refractivity contribution in [2.24, 2.45) is 0 Å². The average molecular weight is 272 g/mol. The summed E-state index contributed by atoms with van der Waals surface area (Å²) in [7, 11) is 0. The molecule has 1 aromatic carbocycles. The van der Waals surface area contributed by atoms with Gasteiger partial charge in [-0.05, 0) is 30.7 Å². The Morgan fingerprint density at radius 3 is 2.85 bits per heavy atom. The average Bonchev–Trinajstić information content (AvgIpc) is 2.88. The zero-order valence-corrected chi connectivity index (χ0v) is 11.4. The molecule has 4 nitrogen and oxygen atoms in total. The first-order valence-electron chi connectivity index (χ1n) is 6.85. The van der Waals surface area contributed by atoms with E-state index in [-0.39, 0.29) is 5.82 Å². The molecule has 2 aromatic rings. The van der Waals surface area contributed by atoms with E-state index in [1.54, 1.807) is 6.07 Å². The van der Waals surface area contributed by atoms with E-state index in [0.29, 0.717) is 5.95 Å². The van der Waals surface area contributed by atoms with Crippen molar-refractivity contribution in [2.75, 3.05) is 18.0 Å². The SMILES string of the molecule is CCNCc1cnc(N2CCc3ccc(F)cc32)nc1. The van der Waals surface area contributed by atoms with Crippen molar-refractivity contribution in [3.63, 3.8) is 0 Å². The van der Waals surface area contributed by atoms with Crippen molar-refractivity contribution in [1.82, 2.24) is 15.3 Å². The maximum Gasteiger partial charge on any atom is 0.229 e. The Kier molecular flexibility index (Phi) is 3.60. The molecular formula is C15H17FN4. The minimum Gasteiger partial charge on any atom is -0.313 e.